The van der Waals surface area contributed by atoms with E-state index in [0.29, 0.717) is 17.1 Å². The van der Waals surface area contributed by atoms with Crippen LogP contribution in [0, 0.1) is 13.8 Å². The molecule has 0 spiro atoms. The minimum absolute atomic E-state index is 0.0365. The van der Waals surface area contributed by atoms with Gasteiger partial charge in [0.15, 0.2) is 0 Å². The molecular formula is C23H24N2O4S. The highest BCUT2D eigenvalue weighted by atomic mass is 32.2. The van der Waals surface area contributed by atoms with E-state index in [0.717, 1.165) is 11.1 Å². The normalized spacial score (nSPS) is 11.1. The average molecular weight is 425 g/mol. The molecule has 156 valence electrons. The molecule has 3 aromatic rings. The molecule has 3 rings (SSSR count). The summed E-state index contributed by atoms with van der Waals surface area (Å²) in [6.45, 7) is 3.89. The first-order valence-corrected chi connectivity index (χ1v) is 10.8. The fourth-order valence-electron chi connectivity index (χ4n) is 2.97. The van der Waals surface area contributed by atoms with E-state index in [1.54, 1.807) is 43.5 Å². The first-order valence-electron chi connectivity index (χ1n) is 9.34. The van der Waals surface area contributed by atoms with Crippen LogP contribution in [-0.2, 0) is 10.0 Å². The highest BCUT2D eigenvalue weighted by molar-refractivity contribution is 7.92. The van der Waals surface area contributed by atoms with Gasteiger partial charge in [0.05, 0.1) is 17.7 Å². The van der Waals surface area contributed by atoms with Crippen LogP contribution < -0.4 is 14.4 Å². The molecule has 30 heavy (non-hydrogen) atoms. The van der Waals surface area contributed by atoms with Gasteiger partial charge in [-0.05, 0) is 73.5 Å². The zero-order chi connectivity index (χ0) is 21.9. The molecule has 0 fully saturated rings. The van der Waals surface area contributed by atoms with Crippen molar-refractivity contribution in [1.29, 1.82) is 0 Å². The fraction of sp³-hybridized carbons (Fsp3) is 0.174. The van der Waals surface area contributed by atoms with Crippen LogP contribution in [0.25, 0.3) is 0 Å². The number of hydrogen-bond acceptors (Lipinski definition) is 4. The lowest BCUT2D eigenvalue weighted by molar-refractivity contribution is 0.102. The molecule has 1 N–H and O–H groups in total. The Kier molecular flexibility index (Phi) is 6.12. The number of amides is 1. The number of methoxy groups -OCH3 is 1. The Bertz CT molecular complexity index is 1170. The first kappa shape index (κ1) is 21.4. The van der Waals surface area contributed by atoms with Crippen molar-refractivity contribution in [3.63, 3.8) is 0 Å². The predicted octanol–water partition coefficient (Wildman–Crippen LogP) is 4.39. The number of anilines is 2. The van der Waals surface area contributed by atoms with E-state index in [-0.39, 0.29) is 16.4 Å². The number of carbonyl (C=O) groups is 1. The van der Waals surface area contributed by atoms with Crippen molar-refractivity contribution in [2.75, 3.05) is 23.8 Å². The Morgan fingerprint density at radius 1 is 0.967 bits per heavy atom. The second-order valence-corrected chi connectivity index (χ2v) is 8.87. The molecule has 1 amide bonds. The van der Waals surface area contributed by atoms with Gasteiger partial charge >= 0.3 is 0 Å². The van der Waals surface area contributed by atoms with E-state index in [4.69, 9.17) is 4.74 Å². The molecule has 6 nitrogen and oxygen atoms in total. The maximum Gasteiger partial charge on any atom is 0.264 e. The summed E-state index contributed by atoms with van der Waals surface area (Å²) >= 11 is 0. The lowest BCUT2D eigenvalue weighted by Crippen LogP contribution is -2.26. The van der Waals surface area contributed by atoms with Gasteiger partial charge in [0.25, 0.3) is 15.9 Å². The SMILES string of the molecule is COc1ccc(N(C)S(=O)(=O)c2cccc(C(=O)Nc3cccc(C)c3C)c2)cc1. The third kappa shape index (κ3) is 4.31. The molecule has 0 unspecified atom stereocenters. The highest BCUT2D eigenvalue weighted by Crippen LogP contribution is 2.25. The third-order valence-corrected chi connectivity index (χ3v) is 6.83. The van der Waals surface area contributed by atoms with Crippen molar-refractivity contribution in [2.45, 2.75) is 18.7 Å². The standard InChI is InChI=1S/C23H24N2O4S/c1-16-7-5-10-22(17(16)2)24-23(26)18-8-6-9-21(15-18)30(27,28)25(3)19-11-13-20(29-4)14-12-19/h5-15H,1-4H3,(H,24,26). The Morgan fingerprint density at radius 2 is 1.63 bits per heavy atom. The summed E-state index contributed by atoms with van der Waals surface area (Å²) in [6, 6.07) is 18.4. The Hall–Kier alpha value is -3.32. The molecule has 3 aromatic carbocycles. The molecule has 0 aliphatic carbocycles. The zero-order valence-electron chi connectivity index (χ0n) is 17.3. The van der Waals surface area contributed by atoms with E-state index in [1.807, 2.05) is 32.0 Å². The Morgan fingerprint density at radius 3 is 2.30 bits per heavy atom. The number of sulfonamides is 1. The number of aryl methyl sites for hydroxylation is 1. The second-order valence-electron chi connectivity index (χ2n) is 6.90. The molecule has 0 aliphatic rings. The van der Waals surface area contributed by atoms with Gasteiger partial charge in [-0.15, -0.1) is 0 Å². The van der Waals surface area contributed by atoms with Gasteiger partial charge in [-0.1, -0.05) is 18.2 Å². The van der Waals surface area contributed by atoms with E-state index in [1.165, 1.54) is 23.5 Å². The lowest BCUT2D eigenvalue weighted by Gasteiger charge is -2.20. The maximum absolute atomic E-state index is 13.1. The summed E-state index contributed by atoms with van der Waals surface area (Å²) in [5.74, 6) is 0.266. The summed E-state index contributed by atoms with van der Waals surface area (Å²) in [5, 5.41) is 2.86. The molecule has 0 saturated heterocycles. The molecule has 0 aromatic heterocycles. The lowest BCUT2D eigenvalue weighted by atomic mass is 10.1. The highest BCUT2D eigenvalue weighted by Gasteiger charge is 2.22. The Balaban J connectivity index is 1.87. The summed E-state index contributed by atoms with van der Waals surface area (Å²) in [4.78, 5) is 12.8. The van der Waals surface area contributed by atoms with Crippen LogP contribution in [0.5, 0.6) is 5.75 Å². The topological polar surface area (TPSA) is 75.7 Å². The summed E-state index contributed by atoms with van der Waals surface area (Å²) in [7, 11) is -0.825. The minimum Gasteiger partial charge on any atom is -0.497 e. The number of hydrogen-bond donors (Lipinski definition) is 1. The molecule has 0 bridgehead atoms. The van der Waals surface area contributed by atoms with Crippen molar-refractivity contribution in [2.24, 2.45) is 0 Å². The van der Waals surface area contributed by atoms with E-state index >= 15 is 0 Å². The van der Waals surface area contributed by atoms with Gasteiger partial charge in [0.1, 0.15) is 5.75 Å². The van der Waals surface area contributed by atoms with Crippen molar-refractivity contribution in [3.05, 3.63) is 83.4 Å². The number of nitrogens with one attached hydrogen (secondary N) is 1. The minimum atomic E-state index is -3.84. The summed E-state index contributed by atoms with van der Waals surface area (Å²) in [6.07, 6.45) is 0. The van der Waals surface area contributed by atoms with Crippen molar-refractivity contribution in [3.8, 4) is 5.75 Å². The van der Waals surface area contributed by atoms with Gasteiger partial charge in [-0.2, -0.15) is 0 Å². The summed E-state index contributed by atoms with van der Waals surface area (Å²) in [5.41, 5.74) is 3.48. The quantitative estimate of drug-likeness (QED) is 0.637. The van der Waals surface area contributed by atoms with Crippen molar-refractivity contribution >= 4 is 27.3 Å². The number of benzene rings is 3. The van der Waals surface area contributed by atoms with E-state index in [2.05, 4.69) is 5.32 Å². The largest absolute Gasteiger partial charge is 0.497 e. The van der Waals surface area contributed by atoms with Crippen LogP contribution in [0.4, 0.5) is 11.4 Å². The van der Waals surface area contributed by atoms with Crippen molar-refractivity contribution in [1.82, 2.24) is 0 Å². The molecule has 7 heteroatoms. The van der Waals surface area contributed by atoms with Gasteiger partial charge in [-0.3, -0.25) is 9.10 Å². The van der Waals surface area contributed by atoms with Crippen LogP contribution in [0.1, 0.15) is 21.5 Å². The molecule has 0 radical (unpaired) electrons. The average Bonchev–Trinajstić information content (AvgIpc) is 2.76. The molecule has 0 heterocycles. The van der Waals surface area contributed by atoms with Crippen LogP contribution in [-0.4, -0.2) is 28.5 Å². The number of rotatable bonds is 6. The Labute approximate surface area is 177 Å². The van der Waals surface area contributed by atoms with Gasteiger partial charge in [0.2, 0.25) is 0 Å². The van der Waals surface area contributed by atoms with Gasteiger partial charge in [-0.25, -0.2) is 8.42 Å². The van der Waals surface area contributed by atoms with Crippen LogP contribution in [0.15, 0.2) is 71.6 Å². The van der Waals surface area contributed by atoms with Gasteiger partial charge < -0.3 is 10.1 Å². The molecule has 0 atom stereocenters. The molecular weight excluding hydrogens is 400 g/mol. The second kappa shape index (κ2) is 8.59. The zero-order valence-corrected chi connectivity index (χ0v) is 18.2. The van der Waals surface area contributed by atoms with Crippen LogP contribution in [0.2, 0.25) is 0 Å². The smallest absolute Gasteiger partial charge is 0.264 e. The van der Waals surface area contributed by atoms with E-state index in [9.17, 15) is 13.2 Å². The summed E-state index contributed by atoms with van der Waals surface area (Å²) < 4.78 is 32.5. The van der Waals surface area contributed by atoms with E-state index < -0.39 is 10.0 Å². The van der Waals surface area contributed by atoms with Gasteiger partial charge in [0, 0.05) is 18.3 Å². The number of ether oxygens (including phenoxy) is 1. The van der Waals surface area contributed by atoms with Crippen LogP contribution in [0.3, 0.4) is 0 Å². The van der Waals surface area contributed by atoms with Crippen LogP contribution >= 0.6 is 0 Å². The third-order valence-electron chi connectivity index (χ3n) is 5.04. The fourth-order valence-corrected chi connectivity index (χ4v) is 4.21. The van der Waals surface area contributed by atoms with Crippen molar-refractivity contribution < 1.29 is 17.9 Å². The number of carbonyl (C=O) groups excluding carboxylic acids is 1. The molecule has 0 saturated carbocycles. The monoisotopic (exact) mass is 424 g/mol. The first-order chi connectivity index (χ1) is 14.2. The number of nitrogens with zero attached hydrogens (tertiary/aromatic N) is 1. The molecule has 0 aliphatic heterocycles. The maximum atomic E-state index is 13.1. The predicted molar refractivity (Wildman–Crippen MR) is 119 cm³/mol.